The first-order valence-corrected chi connectivity index (χ1v) is 6.62. The van der Waals surface area contributed by atoms with E-state index in [9.17, 15) is 26.7 Å². The first kappa shape index (κ1) is 17.6. The van der Waals surface area contributed by atoms with Gasteiger partial charge in [0.15, 0.2) is 5.75 Å². The van der Waals surface area contributed by atoms with Crippen LogP contribution in [0, 0.1) is 0 Å². The summed E-state index contributed by atoms with van der Waals surface area (Å²) in [7, 11) is 0. The smallest absolute Gasteiger partial charge is 0.462 e. The Kier molecular flexibility index (Phi) is 5.87. The maximum absolute atomic E-state index is 12.9. The molecule has 0 atom stereocenters. The van der Waals surface area contributed by atoms with Gasteiger partial charge in [-0.05, 0) is 13.0 Å². The normalized spacial score (nSPS) is 11.6. The second-order valence-electron chi connectivity index (χ2n) is 3.58. The number of ether oxygens (including phenoxy) is 2. The highest BCUT2D eigenvalue weighted by Crippen LogP contribution is 2.35. The third-order valence-corrected chi connectivity index (χ3v) is 2.68. The van der Waals surface area contributed by atoms with Crippen LogP contribution in [0.2, 0.25) is 0 Å². The van der Waals surface area contributed by atoms with Crippen LogP contribution >= 0.6 is 15.9 Å². The molecule has 0 fully saturated rings. The average Bonchev–Trinajstić information content (AvgIpc) is 2.36. The summed E-state index contributed by atoms with van der Waals surface area (Å²) < 4.78 is 70.8. The van der Waals surface area contributed by atoms with Gasteiger partial charge in [0.2, 0.25) is 0 Å². The zero-order valence-corrected chi connectivity index (χ0v) is 12.1. The van der Waals surface area contributed by atoms with Crippen molar-refractivity contribution < 1.29 is 36.2 Å². The van der Waals surface area contributed by atoms with Crippen molar-refractivity contribution in [2.45, 2.75) is 25.0 Å². The molecular formula is C11H9BrF5NO3. The van der Waals surface area contributed by atoms with E-state index in [1.54, 1.807) is 0 Å². The molecule has 0 unspecified atom stereocenters. The molecular weight excluding hydrogens is 369 g/mol. The molecule has 0 aliphatic carbocycles. The van der Waals surface area contributed by atoms with E-state index in [0.717, 1.165) is 6.07 Å². The lowest BCUT2D eigenvalue weighted by Crippen LogP contribution is -2.22. The molecule has 0 spiro atoms. The van der Waals surface area contributed by atoms with E-state index in [4.69, 9.17) is 0 Å². The number of esters is 1. The van der Waals surface area contributed by atoms with Crippen molar-refractivity contribution in [2.24, 2.45) is 0 Å². The number of alkyl halides is 6. The summed E-state index contributed by atoms with van der Waals surface area (Å²) in [5.41, 5.74) is -2.08. The van der Waals surface area contributed by atoms with Crippen LogP contribution in [0.3, 0.4) is 0 Å². The lowest BCUT2D eigenvalue weighted by molar-refractivity contribution is -0.275. The molecule has 0 aromatic carbocycles. The molecule has 1 rings (SSSR count). The maximum Gasteiger partial charge on any atom is 0.573 e. The van der Waals surface area contributed by atoms with Gasteiger partial charge in [0.05, 0.1) is 12.3 Å². The SMILES string of the molecule is CCOC(=O)c1cc(CBr)nc(C(F)F)c1OC(F)(F)F. The summed E-state index contributed by atoms with van der Waals surface area (Å²) in [5, 5.41) is -0.0363. The van der Waals surface area contributed by atoms with Crippen molar-refractivity contribution in [3.8, 4) is 5.75 Å². The van der Waals surface area contributed by atoms with Crippen molar-refractivity contribution >= 4 is 21.9 Å². The van der Waals surface area contributed by atoms with Crippen LogP contribution in [0.4, 0.5) is 22.0 Å². The quantitative estimate of drug-likeness (QED) is 0.442. The van der Waals surface area contributed by atoms with Crippen molar-refractivity contribution in [1.82, 2.24) is 4.98 Å². The number of hydrogen-bond donors (Lipinski definition) is 0. The molecule has 0 radical (unpaired) electrons. The fourth-order valence-electron chi connectivity index (χ4n) is 1.41. The topological polar surface area (TPSA) is 48.4 Å². The second kappa shape index (κ2) is 7.01. The number of halogens is 6. The van der Waals surface area contributed by atoms with Gasteiger partial charge in [-0.3, -0.25) is 0 Å². The fraction of sp³-hybridized carbons (Fsp3) is 0.455. The molecule has 21 heavy (non-hydrogen) atoms. The molecule has 4 nitrogen and oxygen atoms in total. The predicted molar refractivity (Wildman–Crippen MR) is 64.5 cm³/mol. The van der Waals surface area contributed by atoms with Crippen molar-refractivity contribution in [3.63, 3.8) is 0 Å². The molecule has 1 aromatic heterocycles. The lowest BCUT2D eigenvalue weighted by atomic mass is 10.1. The number of carbonyl (C=O) groups excluding carboxylic acids is 1. The molecule has 0 aliphatic rings. The summed E-state index contributed by atoms with van der Waals surface area (Å²) in [6, 6.07) is 0.902. The summed E-state index contributed by atoms with van der Waals surface area (Å²) in [6.45, 7) is 1.28. The third-order valence-electron chi connectivity index (χ3n) is 2.11. The highest BCUT2D eigenvalue weighted by Gasteiger charge is 2.37. The van der Waals surface area contributed by atoms with Gasteiger partial charge in [-0.25, -0.2) is 18.6 Å². The van der Waals surface area contributed by atoms with Crippen LogP contribution in [0.25, 0.3) is 0 Å². The monoisotopic (exact) mass is 377 g/mol. The Labute approximate surface area is 124 Å². The maximum atomic E-state index is 12.9. The van der Waals surface area contributed by atoms with E-state index in [2.05, 4.69) is 30.4 Å². The zero-order chi connectivity index (χ0) is 16.2. The standard InChI is InChI=1S/C11H9BrF5NO3/c1-2-20-10(19)6-3-5(4-12)18-7(9(13)14)8(6)21-11(15,16)17/h3,9H,2,4H2,1H3. The van der Waals surface area contributed by atoms with E-state index in [1.165, 1.54) is 6.92 Å². The molecule has 0 N–H and O–H groups in total. The molecule has 0 saturated carbocycles. The van der Waals surface area contributed by atoms with Gasteiger partial charge < -0.3 is 9.47 Å². The lowest BCUT2D eigenvalue weighted by Gasteiger charge is -2.16. The summed E-state index contributed by atoms with van der Waals surface area (Å²) >= 11 is 2.93. The van der Waals surface area contributed by atoms with Crippen LogP contribution in [0.5, 0.6) is 5.75 Å². The fourth-order valence-corrected chi connectivity index (χ4v) is 1.69. The van der Waals surface area contributed by atoms with Crippen LogP contribution in [0.1, 0.15) is 35.1 Å². The zero-order valence-electron chi connectivity index (χ0n) is 10.5. The van der Waals surface area contributed by atoms with Gasteiger partial charge in [-0.15, -0.1) is 13.2 Å². The van der Waals surface area contributed by atoms with E-state index in [0.29, 0.717) is 0 Å². The molecule has 10 heteroatoms. The molecule has 0 bridgehead atoms. The average molecular weight is 378 g/mol. The Morgan fingerprint density at radius 1 is 1.43 bits per heavy atom. The number of aromatic nitrogens is 1. The van der Waals surface area contributed by atoms with Crippen molar-refractivity contribution in [1.29, 1.82) is 0 Å². The number of pyridine rings is 1. The third kappa shape index (κ3) is 4.80. The van der Waals surface area contributed by atoms with E-state index >= 15 is 0 Å². The Bertz CT molecular complexity index is 521. The first-order valence-electron chi connectivity index (χ1n) is 5.50. The number of hydrogen-bond acceptors (Lipinski definition) is 4. The largest absolute Gasteiger partial charge is 0.573 e. The van der Waals surface area contributed by atoms with Gasteiger partial charge in [-0.1, -0.05) is 15.9 Å². The Hall–Kier alpha value is -1.45. The molecule has 0 amide bonds. The minimum atomic E-state index is -5.25. The molecule has 0 saturated heterocycles. The van der Waals surface area contributed by atoms with Crippen molar-refractivity contribution in [3.05, 3.63) is 23.0 Å². The second-order valence-corrected chi connectivity index (χ2v) is 4.14. The minimum Gasteiger partial charge on any atom is -0.462 e. The van der Waals surface area contributed by atoms with E-state index in [1.807, 2.05) is 0 Å². The van der Waals surface area contributed by atoms with Gasteiger partial charge in [0.1, 0.15) is 11.3 Å². The summed E-state index contributed by atoms with van der Waals surface area (Å²) in [5.74, 6) is -2.55. The van der Waals surface area contributed by atoms with Crippen LogP contribution in [0.15, 0.2) is 6.07 Å². The molecule has 0 aliphatic heterocycles. The van der Waals surface area contributed by atoms with Crippen molar-refractivity contribution in [2.75, 3.05) is 6.61 Å². The van der Waals surface area contributed by atoms with Crippen LogP contribution in [-0.2, 0) is 10.1 Å². The number of carbonyl (C=O) groups is 1. The Morgan fingerprint density at radius 3 is 2.48 bits per heavy atom. The number of rotatable bonds is 5. The summed E-state index contributed by atoms with van der Waals surface area (Å²) in [4.78, 5) is 15.0. The van der Waals surface area contributed by atoms with Gasteiger partial charge in [0.25, 0.3) is 6.43 Å². The van der Waals surface area contributed by atoms with Gasteiger partial charge in [0, 0.05) is 5.33 Å². The number of nitrogens with zero attached hydrogens (tertiary/aromatic N) is 1. The van der Waals surface area contributed by atoms with Gasteiger partial charge >= 0.3 is 12.3 Å². The van der Waals surface area contributed by atoms with Gasteiger partial charge in [-0.2, -0.15) is 0 Å². The van der Waals surface area contributed by atoms with Crippen LogP contribution in [-0.4, -0.2) is 23.9 Å². The Balaban J connectivity index is 3.48. The predicted octanol–water partition coefficient (Wildman–Crippen LogP) is 3.99. The molecule has 118 valence electrons. The summed E-state index contributed by atoms with van der Waals surface area (Å²) in [6.07, 6.45) is -8.60. The highest BCUT2D eigenvalue weighted by molar-refractivity contribution is 9.08. The Morgan fingerprint density at radius 2 is 2.05 bits per heavy atom. The van der Waals surface area contributed by atoms with E-state index in [-0.39, 0.29) is 17.6 Å². The van der Waals surface area contributed by atoms with E-state index < -0.39 is 35.8 Å². The highest BCUT2D eigenvalue weighted by atomic mass is 79.9. The minimum absolute atomic E-state index is 0.0363. The van der Waals surface area contributed by atoms with Crippen LogP contribution < -0.4 is 4.74 Å². The molecule has 1 heterocycles. The molecule has 1 aromatic rings. The first-order chi connectivity index (χ1) is 9.69.